The van der Waals surface area contributed by atoms with E-state index < -0.39 is 0 Å². The summed E-state index contributed by atoms with van der Waals surface area (Å²) in [5, 5.41) is 12.3. The SMILES string of the molecule is c1cc(-c2ccc3nc(C4CCNCC4)nn3c2)cs1. The summed E-state index contributed by atoms with van der Waals surface area (Å²) in [6.07, 6.45) is 4.34. The van der Waals surface area contributed by atoms with E-state index in [9.17, 15) is 0 Å². The van der Waals surface area contributed by atoms with E-state index in [1.54, 1.807) is 11.3 Å². The zero-order valence-electron chi connectivity index (χ0n) is 11.1. The molecule has 3 aromatic rings. The summed E-state index contributed by atoms with van der Waals surface area (Å²) in [5.74, 6) is 1.50. The lowest BCUT2D eigenvalue weighted by Crippen LogP contribution is -2.27. The molecular weight excluding hydrogens is 268 g/mol. The molecule has 0 atom stereocenters. The van der Waals surface area contributed by atoms with E-state index in [-0.39, 0.29) is 0 Å². The molecule has 0 spiro atoms. The Morgan fingerprint density at radius 2 is 2.05 bits per heavy atom. The number of aromatic nitrogens is 3. The Morgan fingerprint density at radius 1 is 1.15 bits per heavy atom. The summed E-state index contributed by atoms with van der Waals surface area (Å²) in [7, 11) is 0. The largest absolute Gasteiger partial charge is 0.317 e. The maximum atomic E-state index is 4.69. The smallest absolute Gasteiger partial charge is 0.155 e. The molecular formula is C15H16N4S. The Hall–Kier alpha value is -1.72. The predicted octanol–water partition coefficient (Wildman–Crippen LogP) is 2.92. The molecule has 1 N–H and O–H groups in total. The van der Waals surface area contributed by atoms with Crippen molar-refractivity contribution in [2.45, 2.75) is 18.8 Å². The fraction of sp³-hybridized carbons (Fsp3) is 0.333. The minimum Gasteiger partial charge on any atom is -0.317 e. The molecule has 5 heteroatoms. The van der Waals surface area contributed by atoms with E-state index in [0.717, 1.165) is 37.4 Å². The zero-order valence-corrected chi connectivity index (χ0v) is 11.9. The van der Waals surface area contributed by atoms with E-state index in [1.807, 2.05) is 4.52 Å². The molecule has 1 aliphatic heterocycles. The Kier molecular flexibility index (Phi) is 3.01. The molecule has 1 aliphatic rings. The molecule has 102 valence electrons. The van der Waals surface area contributed by atoms with E-state index >= 15 is 0 Å². The van der Waals surface area contributed by atoms with Crippen LogP contribution < -0.4 is 5.32 Å². The van der Waals surface area contributed by atoms with Crippen molar-refractivity contribution in [1.82, 2.24) is 19.9 Å². The van der Waals surface area contributed by atoms with Crippen molar-refractivity contribution in [3.05, 3.63) is 41.0 Å². The van der Waals surface area contributed by atoms with Crippen LogP contribution in [-0.2, 0) is 0 Å². The van der Waals surface area contributed by atoms with Gasteiger partial charge in [0.2, 0.25) is 0 Å². The molecule has 1 fully saturated rings. The van der Waals surface area contributed by atoms with Gasteiger partial charge in [-0.2, -0.15) is 16.4 Å². The molecule has 4 nitrogen and oxygen atoms in total. The van der Waals surface area contributed by atoms with Crippen molar-refractivity contribution in [1.29, 1.82) is 0 Å². The Balaban J connectivity index is 1.72. The Labute approximate surface area is 121 Å². The normalized spacial score (nSPS) is 16.8. The van der Waals surface area contributed by atoms with Crippen molar-refractivity contribution >= 4 is 17.0 Å². The lowest BCUT2D eigenvalue weighted by molar-refractivity contribution is 0.445. The van der Waals surface area contributed by atoms with E-state index in [1.165, 1.54) is 11.1 Å². The van der Waals surface area contributed by atoms with Crippen LogP contribution in [0.1, 0.15) is 24.6 Å². The molecule has 0 aromatic carbocycles. The number of piperidine rings is 1. The molecule has 3 aromatic heterocycles. The standard InChI is InChI=1S/C15H16N4S/c1-2-14-17-15(11-3-6-16-7-4-11)18-19(14)9-12(1)13-5-8-20-10-13/h1-2,5,8-11,16H,3-4,6-7H2. The summed E-state index contributed by atoms with van der Waals surface area (Å²) >= 11 is 1.72. The zero-order chi connectivity index (χ0) is 13.4. The number of nitrogens with one attached hydrogen (secondary N) is 1. The minimum atomic E-state index is 0.501. The van der Waals surface area contributed by atoms with Crippen LogP contribution in [0.3, 0.4) is 0 Å². The van der Waals surface area contributed by atoms with Crippen molar-refractivity contribution in [2.75, 3.05) is 13.1 Å². The second-order valence-corrected chi connectivity index (χ2v) is 6.01. The lowest BCUT2D eigenvalue weighted by atomic mass is 9.98. The van der Waals surface area contributed by atoms with Crippen molar-refractivity contribution in [3.8, 4) is 11.1 Å². The van der Waals surface area contributed by atoms with Gasteiger partial charge in [0.15, 0.2) is 11.5 Å². The summed E-state index contributed by atoms with van der Waals surface area (Å²) in [5.41, 5.74) is 3.38. The lowest BCUT2D eigenvalue weighted by Gasteiger charge is -2.19. The van der Waals surface area contributed by atoms with Crippen LogP contribution in [0.15, 0.2) is 35.2 Å². The van der Waals surface area contributed by atoms with Crippen LogP contribution in [0.25, 0.3) is 16.8 Å². The van der Waals surface area contributed by atoms with Gasteiger partial charge >= 0.3 is 0 Å². The molecule has 1 saturated heterocycles. The van der Waals surface area contributed by atoms with Crippen LogP contribution in [0.2, 0.25) is 0 Å². The third kappa shape index (κ3) is 2.13. The first-order valence-corrected chi connectivity index (χ1v) is 7.94. The highest BCUT2D eigenvalue weighted by molar-refractivity contribution is 7.08. The summed E-state index contributed by atoms with van der Waals surface area (Å²) in [6, 6.07) is 6.32. The van der Waals surface area contributed by atoms with Crippen LogP contribution in [0.4, 0.5) is 0 Å². The molecule has 0 saturated carbocycles. The number of hydrogen-bond donors (Lipinski definition) is 1. The minimum absolute atomic E-state index is 0.501. The van der Waals surface area contributed by atoms with Gasteiger partial charge in [0, 0.05) is 17.7 Å². The van der Waals surface area contributed by atoms with Crippen LogP contribution in [0.5, 0.6) is 0 Å². The molecule has 4 rings (SSSR count). The van der Waals surface area contributed by atoms with Gasteiger partial charge in [-0.1, -0.05) is 0 Å². The molecule has 0 unspecified atom stereocenters. The fourth-order valence-electron chi connectivity index (χ4n) is 2.75. The predicted molar refractivity (Wildman–Crippen MR) is 81.1 cm³/mol. The van der Waals surface area contributed by atoms with Crippen molar-refractivity contribution in [3.63, 3.8) is 0 Å². The Bertz CT molecular complexity index is 711. The maximum absolute atomic E-state index is 4.69. The third-order valence-electron chi connectivity index (χ3n) is 3.91. The molecule has 0 radical (unpaired) electrons. The first-order valence-electron chi connectivity index (χ1n) is 7.00. The highest BCUT2D eigenvalue weighted by Crippen LogP contribution is 2.25. The number of thiophene rings is 1. The van der Waals surface area contributed by atoms with Gasteiger partial charge in [0.25, 0.3) is 0 Å². The molecule has 0 aliphatic carbocycles. The number of nitrogens with zero attached hydrogens (tertiary/aromatic N) is 3. The molecule has 0 amide bonds. The molecule has 4 heterocycles. The van der Waals surface area contributed by atoms with Crippen LogP contribution in [-0.4, -0.2) is 27.7 Å². The molecule has 20 heavy (non-hydrogen) atoms. The van der Waals surface area contributed by atoms with Gasteiger partial charge in [-0.05, 0) is 60.5 Å². The van der Waals surface area contributed by atoms with Crippen LogP contribution in [0, 0.1) is 0 Å². The van der Waals surface area contributed by atoms with Gasteiger partial charge in [0.05, 0.1) is 0 Å². The average molecular weight is 284 g/mol. The van der Waals surface area contributed by atoms with Gasteiger partial charge in [-0.25, -0.2) is 9.50 Å². The number of hydrogen-bond acceptors (Lipinski definition) is 4. The van der Waals surface area contributed by atoms with Gasteiger partial charge in [-0.15, -0.1) is 0 Å². The second kappa shape index (κ2) is 5.00. The maximum Gasteiger partial charge on any atom is 0.155 e. The highest BCUT2D eigenvalue weighted by Gasteiger charge is 2.19. The number of fused-ring (bicyclic) bond motifs is 1. The van der Waals surface area contributed by atoms with E-state index in [0.29, 0.717) is 5.92 Å². The van der Waals surface area contributed by atoms with Crippen molar-refractivity contribution in [2.24, 2.45) is 0 Å². The molecule has 0 bridgehead atoms. The van der Waals surface area contributed by atoms with Gasteiger partial charge in [-0.3, -0.25) is 0 Å². The first kappa shape index (κ1) is 12.1. The number of pyridine rings is 1. The quantitative estimate of drug-likeness (QED) is 0.787. The van der Waals surface area contributed by atoms with Gasteiger partial charge in [0.1, 0.15) is 0 Å². The second-order valence-electron chi connectivity index (χ2n) is 5.23. The average Bonchev–Trinajstić information content (AvgIpc) is 3.16. The monoisotopic (exact) mass is 284 g/mol. The first-order chi connectivity index (χ1) is 9.90. The summed E-state index contributed by atoms with van der Waals surface area (Å²) in [6.45, 7) is 2.14. The third-order valence-corrected chi connectivity index (χ3v) is 4.59. The number of rotatable bonds is 2. The highest BCUT2D eigenvalue weighted by atomic mass is 32.1. The Morgan fingerprint density at radius 3 is 2.85 bits per heavy atom. The summed E-state index contributed by atoms with van der Waals surface area (Å²) in [4.78, 5) is 4.69. The van der Waals surface area contributed by atoms with E-state index in [4.69, 9.17) is 0 Å². The summed E-state index contributed by atoms with van der Waals surface area (Å²) < 4.78 is 1.92. The topological polar surface area (TPSA) is 42.2 Å². The van der Waals surface area contributed by atoms with Crippen molar-refractivity contribution < 1.29 is 0 Å². The van der Waals surface area contributed by atoms with E-state index in [2.05, 4.69) is 50.6 Å². The fourth-order valence-corrected chi connectivity index (χ4v) is 3.42. The van der Waals surface area contributed by atoms with Crippen LogP contribution >= 0.6 is 11.3 Å². The van der Waals surface area contributed by atoms with Gasteiger partial charge < -0.3 is 5.32 Å².